The average Bonchev–Trinajstić information content (AvgIpc) is 3.21. The number of nitrogens with one attached hydrogen (secondary N) is 2. The van der Waals surface area contributed by atoms with Crippen LogP contribution in [0.4, 0.5) is 0 Å². The number of piperidine rings is 1. The molecule has 3 aliphatic rings. The lowest BCUT2D eigenvalue weighted by atomic mass is 9.97. The van der Waals surface area contributed by atoms with Crippen molar-refractivity contribution in [3.05, 3.63) is 27.1 Å². The summed E-state index contributed by atoms with van der Waals surface area (Å²) in [5.74, 6) is 0.0423. The van der Waals surface area contributed by atoms with Crippen LogP contribution in [0.15, 0.2) is 11.1 Å². The number of halogens is 1. The van der Waals surface area contributed by atoms with E-state index in [0.717, 1.165) is 42.3 Å². The highest BCUT2D eigenvalue weighted by Crippen LogP contribution is 2.33. The smallest absolute Gasteiger partial charge is 0.262 e. The lowest BCUT2D eigenvalue weighted by molar-refractivity contribution is -0.122. The Balaban J connectivity index is 0.00000192. The molecular weight excluding hydrogens is 396 g/mol. The number of thiophene rings is 1. The molecule has 2 atom stereocenters. The molecule has 6 nitrogen and oxygen atoms in total. The van der Waals surface area contributed by atoms with Gasteiger partial charge in [-0.3, -0.25) is 14.2 Å². The van der Waals surface area contributed by atoms with E-state index >= 15 is 0 Å². The van der Waals surface area contributed by atoms with Crippen molar-refractivity contribution in [2.24, 2.45) is 0 Å². The van der Waals surface area contributed by atoms with Crippen LogP contribution >= 0.6 is 23.7 Å². The number of aryl methyl sites for hydroxylation is 3. The third kappa shape index (κ3) is 3.72. The van der Waals surface area contributed by atoms with Crippen molar-refractivity contribution >= 4 is 39.9 Å². The minimum Gasteiger partial charge on any atom is -0.353 e. The van der Waals surface area contributed by atoms with Crippen LogP contribution < -0.4 is 16.2 Å². The third-order valence-corrected chi connectivity index (χ3v) is 7.56. The van der Waals surface area contributed by atoms with Gasteiger partial charge < -0.3 is 10.6 Å². The molecule has 0 radical (unpaired) electrons. The van der Waals surface area contributed by atoms with E-state index in [1.54, 1.807) is 22.2 Å². The van der Waals surface area contributed by atoms with Crippen molar-refractivity contribution in [3.8, 4) is 0 Å². The van der Waals surface area contributed by atoms with Crippen molar-refractivity contribution < 1.29 is 4.79 Å². The Labute approximate surface area is 174 Å². The Hall–Kier alpha value is -1.44. The molecule has 2 fully saturated rings. The number of rotatable bonds is 4. The largest absolute Gasteiger partial charge is 0.353 e. The van der Waals surface area contributed by atoms with Gasteiger partial charge in [0.1, 0.15) is 4.83 Å². The van der Waals surface area contributed by atoms with Crippen molar-refractivity contribution in [1.82, 2.24) is 20.2 Å². The van der Waals surface area contributed by atoms with Crippen molar-refractivity contribution in [2.45, 2.75) is 82.5 Å². The van der Waals surface area contributed by atoms with E-state index in [2.05, 4.69) is 15.6 Å². The van der Waals surface area contributed by atoms with E-state index in [1.165, 1.54) is 29.7 Å². The molecule has 0 saturated carbocycles. The van der Waals surface area contributed by atoms with Gasteiger partial charge in [-0.15, -0.1) is 23.7 Å². The third-order valence-electron chi connectivity index (χ3n) is 6.36. The molecule has 2 bridgehead atoms. The van der Waals surface area contributed by atoms with E-state index in [1.807, 2.05) is 0 Å². The van der Waals surface area contributed by atoms with E-state index in [4.69, 9.17) is 0 Å². The Morgan fingerprint density at radius 2 is 2.00 bits per heavy atom. The van der Waals surface area contributed by atoms with Gasteiger partial charge in [-0.05, 0) is 56.9 Å². The minimum atomic E-state index is 0. The summed E-state index contributed by atoms with van der Waals surface area (Å²) < 4.78 is 1.62. The second kappa shape index (κ2) is 8.13. The average molecular weight is 423 g/mol. The number of amides is 1. The molecule has 1 aliphatic carbocycles. The molecular formula is C20H27ClN4O2S. The maximum absolute atomic E-state index is 12.9. The summed E-state index contributed by atoms with van der Waals surface area (Å²) in [6.07, 6.45) is 10.8. The van der Waals surface area contributed by atoms with Gasteiger partial charge in [-0.25, -0.2) is 4.98 Å². The molecule has 28 heavy (non-hydrogen) atoms. The molecule has 0 spiro atoms. The molecule has 2 saturated heterocycles. The van der Waals surface area contributed by atoms with Crippen LogP contribution in [-0.2, 0) is 24.2 Å². The van der Waals surface area contributed by atoms with Crippen LogP contribution in [0, 0.1) is 0 Å². The molecule has 2 aromatic rings. The van der Waals surface area contributed by atoms with Gasteiger partial charge in [0, 0.05) is 36.0 Å². The van der Waals surface area contributed by atoms with Crippen LogP contribution in [0.3, 0.4) is 0 Å². The molecule has 2 aromatic heterocycles. The lowest BCUT2D eigenvalue weighted by Crippen LogP contribution is -2.48. The Morgan fingerprint density at radius 3 is 2.79 bits per heavy atom. The van der Waals surface area contributed by atoms with Gasteiger partial charge in [-0.2, -0.15) is 0 Å². The topological polar surface area (TPSA) is 76.0 Å². The molecule has 2 aliphatic heterocycles. The van der Waals surface area contributed by atoms with E-state index in [9.17, 15) is 9.59 Å². The summed E-state index contributed by atoms with van der Waals surface area (Å²) in [6.45, 7) is 0.399. The quantitative estimate of drug-likeness (QED) is 0.793. The van der Waals surface area contributed by atoms with Gasteiger partial charge in [0.05, 0.1) is 11.7 Å². The number of fused-ring (bicyclic) bond motifs is 5. The fraction of sp³-hybridized carbons (Fsp3) is 0.650. The van der Waals surface area contributed by atoms with Crippen molar-refractivity contribution in [3.63, 3.8) is 0 Å². The molecule has 2 N–H and O–H groups in total. The molecule has 1 amide bonds. The zero-order valence-corrected chi connectivity index (χ0v) is 17.5. The van der Waals surface area contributed by atoms with Crippen molar-refractivity contribution in [2.75, 3.05) is 0 Å². The first-order chi connectivity index (χ1) is 13.2. The SMILES string of the molecule is Cl.O=C(CCn1cnc2sc3c(c2c1=O)CCCC3)NC1CC2CCC(C1)N2. The molecule has 152 valence electrons. The minimum absolute atomic E-state index is 0. The van der Waals surface area contributed by atoms with Gasteiger partial charge in [0.25, 0.3) is 5.56 Å². The Kier molecular flexibility index (Phi) is 5.76. The lowest BCUT2D eigenvalue weighted by Gasteiger charge is -2.29. The molecule has 0 aromatic carbocycles. The highest BCUT2D eigenvalue weighted by atomic mass is 35.5. The summed E-state index contributed by atoms with van der Waals surface area (Å²) in [5.41, 5.74) is 1.23. The summed E-state index contributed by atoms with van der Waals surface area (Å²) in [7, 11) is 0. The summed E-state index contributed by atoms with van der Waals surface area (Å²) in [6, 6.07) is 1.40. The normalized spacial score (nSPS) is 25.9. The second-order valence-electron chi connectivity index (χ2n) is 8.26. The fourth-order valence-corrected chi connectivity index (χ4v) is 6.26. The first-order valence-electron chi connectivity index (χ1n) is 10.2. The van der Waals surface area contributed by atoms with Gasteiger partial charge in [0.2, 0.25) is 5.91 Å². The molecule has 8 heteroatoms. The zero-order valence-electron chi connectivity index (χ0n) is 15.9. The van der Waals surface area contributed by atoms with Gasteiger partial charge in [-0.1, -0.05) is 0 Å². The van der Waals surface area contributed by atoms with Crippen molar-refractivity contribution in [1.29, 1.82) is 0 Å². The number of hydrogen-bond donors (Lipinski definition) is 2. The summed E-state index contributed by atoms with van der Waals surface area (Å²) >= 11 is 1.67. The predicted octanol–water partition coefficient (Wildman–Crippen LogP) is 2.55. The summed E-state index contributed by atoms with van der Waals surface area (Å²) in [5, 5.41) is 7.57. The standard InChI is InChI=1S/C20H26N4O2S.ClH/c25-17(23-14-9-12-5-6-13(10-14)22-12)7-8-24-11-21-19-18(20(24)26)15-3-1-2-4-16(15)27-19;/h11-14,22H,1-10H2,(H,23,25);1H. The molecule has 4 heterocycles. The maximum Gasteiger partial charge on any atom is 0.262 e. The van der Waals surface area contributed by atoms with Crippen LogP contribution in [-0.4, -0.2) is 33.6 Å². The second-order valence-corrected chi connectivity index (χ2v) is 9.34. The number of hydrogen-bond acceptors (Lipinski definition) is 5. The maximum atomic E-state index is 12.9. The van der Waals surface area contributed by atoms with Crippen LogP contribution in [0.1, 0.15) is 55.4 Å². The Bertz CT molecular complexity index is 928. The summed E-state index contributed by atoms with van der Waals surface area (Å²) in [4.78, 5) is 32.1. The van der Waals surface area contributed by atoms with Crippen LogP contribution in [0.5, 0.6) is 0 Å². The van der Waals surface area contributed by atoms with E-state index in [0.29, 0.717) is 25.0 Å². The van der Waals surface area contributed by atoms with Crippen LogP contribution in [0.25, 0.3) is 10.2 Å². The molecule has 5 rings (SSSR count). The van der Waals surface area contributed by atoms with Crippen LogP contribution in [0.2, 0.25) is 0 Å². The first kappa shape index (κ1) is 19.9. The number of carbonyl (C=O) groups is 1. The highest BCUT2D eigenvalue weighted by molar-refractivity contribution is 7.18. The Morgan fingerprint density at radius 1 is 1.25 bits per heavy atom. The van der Waals surface area contributed by atoms with Gasteiger partial charge in [0.15, 0.2) is 0 Å². The molecule has 2 unspecified atom stereocenters. The van der Waals surface area contributed by atoms with Gasteiger partial charge >= 0.3 is 0 Å². The predicted molar refractivity (Wildman–Crippen MR) is 113 cm³/mol. The fourth-order valence-electron chi connectivity index (χ4n) is 5.04. The highest BCUT2D eigenvalue weighted by Gasteiger charge is 2.33. The number of carbonyl (C=O) groups excluding carboxylic acids is 1. The monoisotopic (exact) mass is 422 g/mol. The zero-order chi connectivity index (χ0) is 18.4. The first-order valence-corrected chi connectivity index (χ1v) is 11.0. The van der Waals surface area contributed by atoms with E-state index in [-0.39, 0.29) is 29.9 Å². The number of nitrogens with zero attached hydrogens (tertiary/aromatic N) is 2. The number of aromatic nitrogens is 2. The van der Waals surface area contributed by atoms with E-state index < -0.39 is 0 Å².